The number of hydrogen-bond acceptors (Lipinski definition) is 3. The minimum atomic E-state index is 0.0773. The molecule has 0 spiro atoms. The Bertz CT molecular complexity index is 715. The second kappa shape index (κ2) is 11.3. The van der Waals surface area contributed by atoms with E-state index < -0.39 is 0 Å². The van der Waals surface area contributed by atoms with Crippen LogP contribution in [0.4, 0.5) is 0 Å². The quantitative estimate of drug-likeness (QED) is 0.270. The topological polar surface area (TPSA) is 26.3 Å². The van der Waals surface area contributed by atoms with Crippen LogP contribution in [0.15, 0.2) is 48.5 Å². The first-order valence-corrected chi connectivity index (χ1v) is 11.4. The minimum absolute atomic E-state index is 0.0773. The molecule has 1 saturated carbocycles. The van der Waals surface area contributed by atoms with E-state index >= 15 is 0 Å². The number of thiol groups is 1. The maximum atomic E-state index is 12.8. The lowest BCUT2D eigenvalue weighted by atomic mass is 9.84. The fraction of sp³-hybridized carbons (Fsp3) is 0.480. The first kappa shape index (κ1) is 21.0. The van der Waals surface area contributed by atoms with Crippen molar-refractivity contribution in [3.63, 3.8) is 0 Å². The Morgan fingerprint density at radius 1 is 0.821 bits per heavy atom. The zero-order valence-corrected chi connectivity index (χ0v) is 17.6. The van der Waals surface area contributed by atoms with Crippen molar-refractivity contribution in [2.24, 2.45) is 0 Å². The molecule has 0 radical (unpaired) electrons. The van der Waals surface area contributed by atoms with Crippen molar-refractivity contribution < 1.29 is 9.53 Å². The molecule has 1 aliphatic carbocycles. The Hall–Kier alpha value is -1.74. The number of hydrogen-bond donors (Lipinski definition) is 1. The molecule has 0 unspecified atom stereocenters. The van der Waals surface area contributed by atoms with Gasteiger partial charge in [0.15, 0.2) is 5.78 Å². The van der Waals surface area contributed by atoms with Gasteiger partial charge in [0.25, 0.3) is 0 Å². The SMILES string of the molecule is O=C(c1ccc(OCCCCCCS)cc1)c1ccc(C2CCCCC2)cc1. The maximum Gasteiger partial charge on any atom is 0.193 e. The van der Waals surface area contributed by atoms with Crippen molar-refractivity contribution in [1.29, 1.82) is 0 Å². The first-order valence-electron chi connectivity index (χ1n) is 10.8. The first-order chi connectivity index (χ1) is 13.8. The van der Waals surface area contributed by atoms with E-state index in [4.69, 9.17) is 4.74 Å². The molecular formula is C25H32O2S. The van der Waals surface area contributed by atoms with E-state index in [-0.39, 0.29) is 5.78 Å². The molecule has 0 N–H and O–H groups in total. The highest BCUT2D eigenvalue weighted by Gasteiger charge is 2.16. The second-order valence-electron chi connectivity index (χ2n) is 7.80. The minimum Gasteiger partial charge on any atom is -0.494 e. The third-order valence-electron chi connectivity index (χ3n) is 5.69. The third kappa shape index (κ3) is 6.13. The molecule has 28 heavy (non-hydrogen) atoms. The van der Waals surface area contributed by atoms with Crippen LogP contribution in [0.1, 0.15) is 85.2 Å². The molecule has 150 valence electrons. The number of ether oxygens (including phenoxy) is 1. The average molecular weight is 397 g/mol. The van der Waals surface area contributed by atoms with Crippen molar-refractivity contribution in [3.8, 4) is 5.75 Å². The molecule has 2 aromatic rings. The van der Waals surface area contributed by atoms with Crippen LogP contribution in [-0.4, -0.2) is 18.1 Å². The summed E-state index contributed by atoms with van der Waals surface area (Å²) in [5, 5.41) is 0. The third-order valence-corrected chi connectivity index (χ3v) is 6.00. The summed E-state index contributed by atoms with van der Waals surface area (Å²) in [6, 6.07) is 15.8. The normalized spacial score (nSPS) is 14.8. The van der Waals surface area contributed by atoms with Gasteiger partial charge in [0, 0.05) is 11.1 Å². The van der Waals surface area contributed by atoms with Crippen molar-refractivity contribution >= 4 is 18.4 Å². The number of carbonyl (C=O) groups is 1. The molecule has 3 heteroatoms. The van der Waals surface area contributed by atoms with E-state index in [2.05, 4.69) is 24.8 Å². The van der Waals surface area contributed by atoms with E-state index in [1.54, 1.807) is 0 Å². The Morgan fingerprint density at radius 2 is 1.43 bits per heavy atom. The maximum absolute atomic E-state index is 12.8. The van der Waals surface area contributed by atoms with Crippen LogP contribution in [0, 0.1) is 0 Å². The standard InChI is InChI=1S/C25H32O2S/c26-25(22-12-10-21(11-13-22)20-8-4-3-5-9-20)23-14-16-24(17-15-23)27-18-6-1-2-7-19-28/h10-17,20,28H,1-9,18-19H2. The number of rotatable bonds is 10. The Morgan fingerprint density at radius 3 is 2.07 bits per heavy atom. The molecule has 0 heterocycles. The molecule has 0 aromatic heterocycles. The molecular weight excluding hydrogens is 364 g/mol. The number of ketones is 1. The fourth-order valence-corrected chi connectivity index (χ4v) is 4.19. The predicted octanol–water partition coefficient (Wildman–Crippen LogP) is 6.83. The van der Waals surface area contributed by atoms with Crippen LogP contribution in [0.25, 0.3) is 0 Å². The van der Waals surface area contributed by atoms with Gasteiger partial charge in [-0.25, -0.2) is 0 Å². The van der Waals surface area contributed by atoms with Gasteiger partial charge in [0.1, 0.15) is 5.75 Å². The van der Waals surface area contributed by atoms with Gasteiger partial charge >= 0.3 is 0 Å². The predicted molar refractivity (Wildman–Crippen MR) is 120 cm³/mol. The van der Waals surface area contributed by atoms with Crippen LogP contribution in [0.2, 0.25) is 0 Å². The largest absolute Gasteiger partial charge is 0.494 e. The van der Waals surface area contributed by atoms with Crippen LogP contribution in [-0.2, 0) is 0 Å². The molecule has 2 nitrogen and oxygen atoms in total. The lowest BCUT2D eigenvalue weighted by Crippen LogP contribution is -2.06. The van der Waals surface area contributed by atoms with Gasteiger partial charge in [-0.05, 0) is 67.2 Å². The average Bonchev–Trinajstić information content (AvgIpc) is 2.77. The van der Waals surface area contributed by atoms with Crippen molar-refractivity contribution in [2.75, 3.05) is 12.4 Å². The smallest absolute Gasteiger partial charge is 0.193 e. The van der Waals surface area contributed by atoms with E-state index in [0.717, 1.165) is 30.1 Å². The Kier molecular flexibility index (Phi) is 8.47. The summed E-state index contributed by atoms with van der Waals surface area (Å²) in [5.74, 6) is 2.54. The summed E-state index contributed by atoms with van der Waals surface area (Å²) in [5.41, 5.74) is 2.86. The van der Waals surface area contributed by atoms with E-state index in [9.17, 15) is 4.79 Å². The van der Waals surface area contributed by atoms with Gasteiger partial charge in [-0.1, -0.05) is 56.4 Å². The molecule has 0 amide bonds. The van der Waals surface area contributed by atoms with Crippen LogP contribution >= 0.6 is 12.6 Å². The van der Waals surface area contributed by atoms with Gasteiger partial charge in [0.2, 0.25) is 0 Å². The highest BCUT2D eigenvalue weighted by Crippen LogP contribution is 2.32. The Balaban J connectivity index is 1.51. The van der Waals surface area contributed by atoms with Crippen LogP contribution in [0.3, 0.4) is 0 Å². The molecule has 0 atom stereocenters. The number of unbranched alkanes of at least 4 members (excludes halogenated alkanes) is 3. The summed E-state index contributed by atoms with van der Waals surface area (Å²) in [7, 11) is 0. The van der Waals surface area contributed by atoms with Gasteiger partial charge in [-0.3, -0.25) is 4.79 Å². The molecule has 0 saturated heterocycles. The Labute approximate surface area is 175 Å². The zero-order valence-electron chi connectivity index (χ0n) is 16.7. The summed E-state index contributed by atoms with van der Waals surface area (Å²) in [4.78, 5) is 12.8. The molecule has 3 rings (SSSR count). The molecule has 0 aliphatic heterocycles. The zero-order chi connectivity index (χ0) is 19.6. The van der Waals surface area contributed by atoms with Crippen LogP contribution < -0.4 is 4.74 Å². The number of benzene rings is 2. The van der Waals surface area contributed by atoms with Gasteiger partial charge in [-0.15, -0.1) is 0 Å². The van der Waals surface area contributed by atoms with Crippen molar-refractivity contribution in [2.45, 2.75) is 63.7 Å². The molecule has 1 aliphatic rings. The summed E-state index contributed by atoms with van der Waals surface area (Å²) in [6.07, 6.45) is 11.2. The van der Waals surface area contributed by atoms with E-state index in [0.29, 0.717) is 11.5 Å². The lowest BCUT2D eigenvalue weighted by Gasteiger charge is -2.22. The molecule has 0 bridgehead atoms. The monoisotopic (exact) mass is 396 g/mol. The summed E-state index contributed by atoms with van der Waals surface area (Å²) >= 11 is 4.23. The van der Waals surface area contributed by atoms with E-state index in [1.165, 1.54) is 56.9 Å². The summed E-state index contributed by atoms with van der Waals surface area (Å²) < 4.78 is 5.78. The highest BCUT2D eigenvalue weighted by molar-refractivity contribution is 7.80. The van der Waals surface area contributed by atoms with E-state index in [1.807, 2.05) is 36.4 Å². The van der Waals surface area contributed by atoms with Crippen LogP contribution in [0.5, 0.6) is 5.75 Å². The highest BCUT2D eigenvalue weighted by atomic mass is 32.1. The van der Waals surface area contributed by atoms with Gasteiger partial charge in [-0.2, -0.15) is 12.6 Å². The second-order valence-corrected chi connectivity index (χ2v) is 8.24. The lowest BCUT2D eigenvalue weighted by molar-refractivity contribution is 0.103. The van der Waals surface area contributed by atoms with Crippen molar-refractivity contribution in [1.82, 2.24) is 0 Å². The summed E-state index contributed by atoms with van der Waals surface area (Å²) in [6.45, 7) is 0.725. The molecule has 1 fully saturated rings. The van der Waals surface area contributed by atoms with Gasteiger partial charge < -0.3 is 4.74 Å². The fourth-order valence-electron chi connectivity index (χ4n) is 3.97. The number of carbonyl (C=O) groups excluding carboxylic acids is 1. The van der Waals surface area contributed by atoms with Crippen molar-refractivity contribution in [3.05, 3.63) is 65.2 Å². The molecule has 2 aromatic carbocycles. The van der Waals surface area contributed by atoms with Gasteiger partial charge in [0.05, 0.1) is 6.61 Å².